The molecule has 2 rings (SSSR count). The van der Waals surface area contributed by atoms with Gasteiger partial charge in [-0.05, 0) is 17.7 Å². The fraction of sp³-hybridized carbons (Fsp3) is 0.462. The van der Waals surface area contributed by atoms with Crippen LogP contribution in [0.3, 0.4) is 0 Å². The summed E-state index contributed by atoms with van der Waals surface area (Å²) in [6, 6.07) is 6.41. The van der Waals surface area contributed by atoms with Gasteiger partial charge >= 0.3 is 5.97 Å². The van der Waals surface area contributed by atoms with Gasteiger partial charge in [-0.15, -0.1) is 0 Å². The predicted molar refractivity (Wildman–Crippen MR) is 63.5 cm³/mol. The monoisotopic (exact) mass is 252 g/mol. The number of ether oxygens (including phenoxy) is 2. The Morgan fingerprint density at radius 3 is 2.50 bits per heavy atom. The summed E-state index contributed by atoms with van der Waals surface area (Å²) in [6.07, 6.45) is -1.49. The number of carboxylic acid groups (broad SMARTS) is 1. The van der Waals surface area contributed by atoms with Gasteiger partial charge in [-0.25, -0.2) is 4.79 Å². The van der Waals surface area contributed by atoms with E-state index in [4.69, 9.17) is 14.6 Å². The molecular formula is C13H16O5. The summed E-state index contributed by atoms with van der Waals surface area (Å²) in [4.78, 5) is 10.6. The van der Waals surface area contributed by atoms with E-state index in [9.17, 15) is 9.90 Å². The van der Waals surface area contributed by atoms with Crippen molar-refractivity contribution < 1.29 is 24.5 Å². The number of carbonyl (C=O) groups is 1. The quantitative estimate of drug-likeness (QED) is 0.824. The van der Waals surface area contributed by atoms with Crippen LogP contribution in [0.15, 0.2) is 24.3 Å². The second kappa shape index (κ2) is 4.96. The lowest BCUT2D eigenvalue weighted by atomic mass is 9.90. The largest absolute Gasteiger partial charge is 0.493 e. The first kappa shape index (κ1) is 12.9. The van der Waals surface area contributed by atoms with Crippen molar-refractivity contribution in [2.45, 2.75) is 13.0 Å². The Morgan fingerprint density at radius 1 is 1.44 bits per heavy atom. The first-order valence-electron chi connectivity index (χ1n) is 5.72. The van der Waals surface area contributed by atoms with Crippen molar-refractivity contribution in [1.29, 1.82) is 0 Å². The molecule has 1 aromatic rings. The fourth-order valence-electron chi connectivity index (χ4n) is 1.68. The average molecular weight is 252 g/mol. The maximum atomic E-state index is 10.6. The lowest BCUT2D eigenvalue weighted by molar-refractivity contribution is -0.146. The van der Waals surface area contributed by atoms with E-state index in [0.717, 1.165) is 0 Å². The number of aliphatic carboxylic acids is 1. The van der Waals surface area contributed by atoms with Crippen LogP contribution < -0.4 is 4.74 Å². The Kier molecular flexibility index (Phi) is 3.54. The van der Waals surface area contributed by atoms with Gasteiger partial charge in [0.25, 0.3) is 0 Å². The van der Waals surface area contributed by atoms with E-state index in [0.29, 0.717) is 31.1 Å². The van der Waals surface area contributed by atoms with Gasteiger partial charge in [-0.2, -0.15) is 0 Å². The summed E-state index contributed by atoms with van der Waals surface area (Å²) >= 11 is 0. The highest BCUT2D eigenvalue weighted by molar-refractivity contribution is 5.74. The van der Waals surface area contributed by atoms with Crippen LogP contribution in [0.5, 0.6) is 5.75 Å². The first-order valence-corrected chi connectivity index (χ1v) is 5.72. The van der Waals surface area contributed by atoms with Crippen LogP contribution >= 0.6 is 0 Å². The van der Waals surface area contributed by atoms with E-state index in [-0.39, 0.29) is 5.41 Å². The maximum absolute atomic E-state index is 10.6. The molecule has 5 heteroatoms. The highest BCUT2D eigenvalue weighted by atomic mass is 16.5. The molecule has 1 atom stereocenters. The van der Waals surface area contributed by atoms with Crippen LogP contribution in [-0.2, 0) is 9.53 Å². The second-order valence-corrected chi connectivity index (χ2v) is 4.90. The van der Waals surface area contributed by atoms with Crippen molar-refractivity contribution >= 4 is 5.97 Å². The molecule has 98 valence electrons. The zero-order chi connectivity index (χ0) is 13.2. The van der Waals surface area contributed by atoms with Crippen molar-refractivity contribution in [2.24, 2.45) is 5.41 Å². The van der Waals surface area contributed by atoms with E-state index in [1.807, 2.05) is 0 Å². The minimum Gasteiger partial charge on any atom is -0.493 e. The van der Waals surface area contributed by atoms with Gasteiger partial charge in [-0.1, -0.05) is 19.1 Å². The molecule has 0 aromatic heterocycles. The van der Waals surface area contributed by atoms with Gasteiger partial charge in [0.15, 0.2) is 6.10 Å². The lowest BCUT2D eigenvalue weighted by Gasteiger charge is -2.37. The minimum absolute atomic E-state index is 0.0687. The molecule has 0 amide bonds. The number of aliphatic hydroxyl groups is 1. The van der Waals surface area contributed by atoms with Gasteiger partial charge in [0, 0.05) is 5.41 Å². The lowest BCUT2D eigenvalue weighted by Crippen LogP contribution is -2.44. The standard InChI is InChI=1S/C13H16O5/c1-13(6-17-7-13)8-18-10-4-2-9(3-5-10)11(14)12(15)16/h2-5,11,14H,6-8H2,1H3,(H,15,16). The third kappa shape index (κ3) is 2.80. The second-order valence-electron chi connectivity index (χ2n) is 4.90. The van der Waals surface area contributed by atoms with E-state index < -0.39 is 12.1 Å². The molecule has 1 unspecified atom stereocenters. The normalized spacial score (nSPS) is 18.8. The molecular weight excluding hydrogens is 236 g/mol. The fourth-order valence-corrected chi connectivity index (χ4v) is 1.68. The highest BCUT2D eigenvalue weighted by Gasteiger charge is 2.34. The van der Waals surface area contributed by atoms with Crippen LogP contribution in [0.25, 0.3) is 0 Å². The van der Waals surface area contributed by atoms with Crippen molar-refractivity contribution in [3.8, 4) is 5.75 Å². The minimum atomic E-state index is -1.49. The maximum Gasteiger partial charge on any atom is 0.337 e. The number of rotatable bonds is 5. The van der Waals surface area contributed by atoms with Crippen LogP contribution in [0.2, 0.25) is 0 Å². The van der Waals surface area contributed by atoms with Gasteiger partial charge in [0.05, 0.1) is 19.8 Å². The number of benzene rings is 1. The van der Waals surface area contributed by atoms with E-state index >= 15 is 0 Å². The van der Waals surface area contributed by atoms with Gasteiger partial charge in [0.1, 0.15) is 5.75 Å². The van der Waals surface area contributed by atoms with Crippen molar-refractivity contribution in [2.75, 3.05) is 19.8 Å². The molecule has 2 N–H and O–H groups in total. The number of hydrogen-bond donors (Lipinski definition) is 2. The zero-order valence-corrected chi connectivity index (χ0v) is 10.1. The van der Waals surface area contributed by atoms with Crippen LogP contribution in [0.4, 0.5) is 0 Å². The summed E-state index contributed by atoms with van der Waals surface area (Å²) in [5.41, 5.74) is 0.409. The Hall–Kier alpha value is -1.59. The average Bonchev–Trinajstić information content (AvgIpc) is 2.33. The molecule has 0 spiro atoms. The van der Waals surface area contributed by atoms with Crippen LogP contribution in [0.1, 0.15) is 18.6 Å². The van der Waals surface area contributed by atoms with E-state index in [1.165, 1.54) is 0 Å². The Balaban J connectivity index is 1.93. The highest BCUT2D eigenvalue weighted by Crippen LogP contribution is 2.28. The Morgan fingerprint density at radius 2 is 2.06 bits per heavy atom. The van der Waals surface area contributed by atoms with E-state index in [2.05, 4.69) is 6.92 Å². The molecule has 18 heavy (non-hydrogen) atoms. The van der Waals surface area contributed by atoms with Crippen molar-refractivity contribution in [3.63, 3.8) is 0 Å². The van der Waals surface area contributed by atoms with Crippen molar-refractivity contribution in [1.82, 2.24) is 0 Å². The van der Waals surface area contributed by atoms with Crippen molar-refractivity contribution in [3.05, 3.63) is 29.8 Å². The Bertz CT molecular complexity index is 422. The molecule has 0 bridgehead atoms. The molecule has 0 saturated carbocycles. The van der Waals surface area contributed by atoms with Gasteiger partial charge in [0.2, 0.25) is 0 Å². The molecule has 5 nitrogen and oxygen atoms in total. The van der Waals surface area contributed by atoms with Gasteiger partial charge in [-0.3, -0.25) is 0 Å². The number of hydrogen-bond acceptors (Lipinski definition) is 4. The van der Waals surface area contributed by atoms with Gasteiger partial charge < -0.3 is 19.7 Å². The van der Waals surface area contributed by atoms with Crippen LogP contribution in [0, 0.1) is 5.41 Å². The zero-order valence-electron chi connectivity index (χ0n) is 10.1. The third-order valence-electron chi connectivity index (χ3n) is 2.92. The summed E-state index contributed by atoms with van der Waals surface area (Å²) in [6.45, 7) is 4.04. The number of aliphatic hydroxyl groups excluding tert-OH is 1. The SMILES string of the molecule is CC1(COc2ccc(C(O)C(=O)O)cc2)COC1. The summed E-state index contributed by atoms with van der Waals surface area (Å²) in [5, 5.41) is 18.0. The first-order chi connectivity index (χ1) is 8.50. The molecule has 1 heterocycles. The molecule has 0 aliphatic carbocycles. The molecule has 1 fully saturated rings. The topological polar surface area (TPSA) is 76.0 Å². The summed E-state index contributed by atoms with van der Waals surface area (Å²) in [7, 11) is 0. The summed E-state index contributed by atoms with van der Waals surface area (Å²) < 4.78 is 10.7. The molecule has 0 radical (unpaired) electrons. The third-order valence-corrected chi connectivity index (χ3v) is 2.92. The molecule has 1 aromatic carbocycles. The van der Waals surface area contributed by atoms with Crippen LogP contribution in [-0.4, -0.2) is 36.0 Å². The summed E-state index contributed by atoms with van der Waals surface area (Å²) in [5.74, 6) is -0.604. The van der Waals surface area contributed by atoms with E-state index in [1.54, 1.807) is 24.3 Å². The molecule has 1 saturated heterocycles. The number of carboxylic acids is 1. The Labute approximate surface area is 105 Å². The predicted octanol–water partition coefficient (Wildman–Crippen LogP) is 1.22. The molecule has 1 aliphatic heterocycles. The smallest absolute Gasteiger partial charge is 0.337 e. The molecule has 1 aliphatic rings.